The summed E-state index contributed by atoms with van der Waals surface area (Å²) in [6, 6.07) is 0. The van der Waals surface area contributed by atoms with Gasteiger partial charge in [0, 0.05) is 6.61 Å². The van der Waals surface area contributed by atoms with E-state index in [2.05, 4.69) is 5.32 Å². The van der Waals surface area contributed by atoms with Crippen molar-refractivity contribution in [1.82, 2.24) is 5.32 Å². The summed E-state index contributed by atoms with van der Waals surface area (Å²) in [6.07, 6.45) is 2.06. The molecule has 1 heterocycles. The van der Waals surface area contributed by atoms with E-state index in [1.807, 2.05) is 20.8 Å². The van der Waals surface area contributed by atoms with Crippen molar-refractivity contribution in [1.29, 1.82) is 0 Å². The fourth-order valence-electron chi connectivity index (χ4n) is 1.65. The van der Waals surface area contributed by atoms with Gasteiger partial charge in [0.25, 0.3) is 0 Å². The minimum absolute atomic E-state index is 0.0586. The first-order valence-electron chi connectivity index (χ1n) is 5.52. The molecule has 1 fully saturated rings. The lowest BCUT2D eigenvalue weighted by atomic mass is 9.95. The normalized spacial score (nSPS) is 26.7. The largest absolute Gasteiger partial charge is 0.379 e. The zero-order valence-corrected chi connectivity index (χ0v) is 9.84. The van der Waals surface area contributed by atoms with Crippen LogP contribution in [-0.4, -0.2) is 37.4 Å². The predicted molar refractivity (Wildman–Crippen MR) is 57.7 cm³/mol. The van der Waals surface area contributed by atoms with Crippen LogP contribution in [0.5, 0.6) is 0 Å². The summed E-state index contributed by atoms with van der Waals surface area (Å²) in [6.45, 7) is 7.37. The smallest absolute Gasteiger partial charge is 0.246 e. The van der Waals surface area contributed by atoms with Crippen molar-refractivity contribution >= 4 is 5.91 Å². The first kappa shape index (κ1) is 12.5. The van der Waals surface area contributed by atoms with Gasteiger partial charge in [-0.15, -0.1) is 0 Å². The second-order valence-electron chi connectivity index (χ2n) is 4.62. The Labute approximate surface area is 91.3 Å². The van der Waals surface area contributed by atoms with Crippen LogP contribution in [0, 0.1) is 0 Å². The van der Waals surface area contributed by atoms with Crippen molar-refractivity contribution in [2.45, 2.75) is 45.3 Å². The van der Waals surface area contributed by atoms with E-state index < -0.39 is 0 Å². The second kappa shape index (κ2) is 5.47. The van der Waals surface area contributed by atoms with E-state index in [0.29, 0.717) is 6.61 Å². The molecule has 1 amide bonds. The minimum Gasteiger partial charge on any atom is -0.379 e. The molecular weight excluding hydrogens is 194 g/mol. The van der Waals surface area contributed by atoms with E-state index in [-0.39, 0.29) is 24.2 Å². The molecule has 1 saturated heterocycles. The lowest BCUT2D eigenvalue weighted by molar-refractivity contribution is -0.130. The summed E-state index contributed by atoms with van der Waals surface area (Å²) in [5, 5.41) is 2.96. The van der Waals surface area contributed by atoms with E-state index >= 15 is 0 Å². The molecule has 15 heavy (non-hydrogen) atoms. The third-order valence-corrected chi connectivity index (χ3v) is 2.43. The van der Waals surface area contributed by atoms with E-state index in [9.17, 15) is 4.79 Å². The van der Waals surface area contributed by atoms with Gasteiger partial charge in [0.05, 0.1) is 18.2 Å². The molecular formula is C11H21NO3. The summed E-state index contributed by atoms with van der Waals surface area (Å²) < 4.78 is 10.6. The highest BCUT2D eigenvalue weighted by Gasteiger charge is 2.29. The Kier molecular flexibility index (Phi) is 4.54. The summed E-state index contributed by atoms with van der Waals surface area (Å²) in [4.78, 5) is 11.5. The maximum atomic E-state index is 11.5. The highest BCUT2D eigenvalue weighted by Crippen LogP contribution is 2.17. The van der Waals surface area contributed by atoms with Gasteiger partial charge in [0.15, 0.2) is 0 Å². The molecule has 1 rings (SSSR count). The Morgan fingerprint density at radius 1 is 1.60 bits per heavy atom. The Bertz CT molecular complexity index is 210. The van der Waals surface area contributed by atoms with E-state index in [4.69, 9.17) is 9.47 Å². The highest BCUT2D eigenvalue weighted by atomic mass is 16.5. The van der Waals surface area contributed by atoms with Crippen LogP contribution < -0.4 is 5.32 Å². The summed E-state index contributed by atoms with van der Waals surface area (Å²) in [7, 11) is 0. The summed E-state index contributed by atoms with van der Waals surface area (Å²) >= 11 is 0. The number of amides is 1. The molecule has 1 aliphatic rings. The Hall–Kier alpha value is -0.610. The molecule has 0 aromatic carbocycles. The average molecular weight is 215 g/mol. The number of hydrogen-bond acceptors (Lipinski definition) is 3. The maximum absolute atomic E-state index is 11.5. The zero-order chi connectivity index (χ0) is 11.3. The van der Waals surface area contributed by atoms with Crippen LogP contribution in [0.15, 0.2) is 0 Å². The van der Waals surface area contributed by atoms with Gasteiger partial charge in [-0.05, 0) is 33.6 Å². The number of carbonyl (C=O) groups excluding carboxylic acids is 1. The van der Waals surface area contributed by atoms with Crippen LogP contribution in [0.2, 0.25) is 0 Å². The molecule has 1 aliphatic heterocycles. The minimum atomic E-state index is -0.213. The third kappa shape index (κ3) is 4.62. The number of ether oxygens (including phenoxy) is 2. The molecule has 1 N–H and O–H groups in total. The molecule has 0 spiro atoms. The van der Waals surface area contributed by atoms with E-state index in [0.717, 1.165) is 19.4 Å². The van der Waals surface area contributed by atoms with Gasteiger partial charge >= 0.3 is 0 Å². The molecule has 4 heteroatoms. The Balaban J connectivity index is 2.29. The SMILES string of the molecule is CC(C)OCC(=O)NC1(C)CCCOC1. The number of rotatable bonds is 4. The summed E-state index contributed by atoms with van der Waals surface area (Å²) in [5.74, 6) is -0.0586. The van der Waals surface area contributed by atoms with Gasteiger partial charge in [-0.1, -0.05) is 0 Å². The van der Waals surface area contributed by atoms with Gasteiger partial charge in [0.2, 0.25) is 5.91 Å². The first-order valence-corrected chi connectivity index (χ1v) is 5.52. The van der Waals surface area contributed by atoms with Crippen molar-refractivity contribution < 1.29 is 14.3 Å². The Morgan fingerprint density at radius 3 is 2.87 bits per heavy atom. The lowest BCUT2D eigenvalue weighted by Crippen LogP contribution is -2.52. The fourth-order valence-corrected chi connectivity index (χ4v) is 1.65. The fraction of sp³-hybridized carbons (Fsp3) is 0.909. The molecule has 0 aromatic heterocycles. The first-order chi connectivity index (χ1) is 7.02. The highest BCUT2D eigenvalue weighted by molar-refractivity contribution is 5.78. The topological polar surface area (TPSA) is 47.6 Å². The lowest BCUT2D eigenvalue weighted by Gasteiger charge is -2.34. The number of carbonyl (C=O) groups is 1. The van der Waals surface area contributed by atoms with Gasteiger partial charge in [-0.3, -0.25) is 4.79 Å². The molecule has 0 radical (unpaired) electrons. The number of nitrogens with one attached hydrogen (secondary N) is 1. The zero-order valence-electron chi connectivity index (χ0n) is 9.84. The van der Waals surface area contributed by atoms with E-state index in [1.54, 1.807) is 0 Å². The molecule has 0 aromatic rings. The molecule has 1 atom stereocenters. The van der Waals surface area contributed by atoms with Gasteiger partial charge in [-0.25, -0.2) is 0 Å². The monoisotopic (exact) mass is 215 g/mol. The Morgan fingerprint density at radius 2 is 2.33 bits per heavy atom. The van der Waals surface area contributed by atoms with Crippen molar-refractivity contribution in [3.8, 4) is 0 Å². The molecule has 0 saturated carbocycles. The number of hydrogen-bond donors (Lipinski definition) is 1. The average Bonchev–Trinajstić information content (AvgIpc) is 2.15. The summed E-state index contributed by atoms with van der Waals surface area (Å²) in [5.41, 5.74) is -0.213. The van der Waals surface area contributed by atoms with Crippen LogP contribution in [0.3, 0.4) is 0 Å². The molecule has 88 valence electrons. The molecule has 0 bridgehead atoms. The van der Waals surface area contributed by atoms with Gasteiger partial charge in [-0.2, -0.15) is 0 Å². The van der Waals surface area contributed by atoms with Crippen LogP contribution in [0.1, 0.15) is 33.6 Å². The van der Waals surface area contributed by atoms with E-state index in [1.165, 1.54) is 0 Å². The second-order valence-corrected chi connectivity index (χ2v) is 4.62. The van der Waals surface area contributed by atoms with Crippen molar-refractivity contribution in [3.63, 3.8) is 0 Å². The van der Waals surface area contributed by atoms with Crippen molar-refractivity contribution in [2.75, 3.05) is 19.8 Å². The maximum Gasteiger partial charge on any atom is 0.246 e. The van der Waals surface area contributed by atoms with Crippen molar-refractivity contribution in [2.24, 2.45) is 0 Å². The van der Waals surface area contributed by atoms with Crippen LogP contribution in [0.4, 0.5) is 0 Å². The van der Waals surface area contributed by atoms with Gasteiger partial charge < -0.3 is 14.8 Å². The predicted octanol–water partition coefficient (Wildman–Crippen LogP) is 1.10. The van der Waals surface area contributed by atoms with Crippen LogP contribution in [0.25, 0.3) is 0 Å². The van der Waals surface area contributed by atoms with Gasteiger partial charge in [0.1, 0.15) is 6.61 Å². The van der Waals surface area contributed by atoms with Crippen molar-refractivity contribution in [3.05, 3.63) is 0 Å². The van der Waals surface area contributed by atoms with Crippen LogP contribution in [-0.2, 0) is 14.3 Å². The standard InChI is InChI=1S/C11H21NO3/c1-9(2)15-7-10(13)12-11(3)5-4-6-14-8-11/h9H,4-8H2,1-3H3,(H,12,13). The molecule has 1 unspecified atom stereocenters. The van der Waals surface area contributed by atoms with Crippen LogP contribution >= 0.6 is 0 Å². The molecule has 4 nitrogen and oxygen atoms in total. The molecule has 0 aliphatic carbocycles. The quantitative estimate of drug-likeness (QED) is 0.764. The third-order valence-electron chi connectivity index (χ3n) is 2.43.